The van der Waals surface area contributed by atoms with Crippen molar-refractivity contribution in [2.24, 2.45) is 0 Å². The molecule has 0 unspecified atom stereocenters. The maximum absolute atomic E-state index is 4.34. The van der Waals surface area contributed by atoms with E-state index in [1.54, 1.807) is 0 Å². The van der Waals surface area contributed by atoms with E-state index < -0.39 is 0 Å². The molecule has 0 aliphatic heterocycles. The first-order chi connectivity index (χ1) is 6.92. The van der Waals surface area contributed by atoms with Gasteiger partial charge >= 0.3 is 0 Å². The number of nitrogens with one attached hydrogen (secondary N) is 1. The second-order valence-electron chi connectivity index (χ2n) is 4.02. The van der Waals surface area contributed by atoms with Gasteiger partial charge in [0.1, 0.15) is 0 Å². The third-order valence-electron chi connectivity index (χ3n) is 2.95. The van der Waals surface area contributed by atoms with Crippen LogP contribution in [0.3, 0.4) is 0 Å². The van der Waals surface area contributed by atoms with Gasteiger partial charge < -0.3 is 9.88 Å². The molecule has 78 valence electrons. The van der Waals surface area contributed by atoms with Crippen LogP contribution in [0, 0.1) is 0 Å². The Labute approximate surface area is 85.5 Å². The Morgan fingerprint density at radius 3 is 3.07 bits per heavy atom. The Morgan fingerprint density at radius 2 is 2.43 bits per heavy atom. The summed E-state index contributed by atoms with van der Waals surface area (Å²) in [4.78, 5) is 4.34. The topological polar surface area (TPSA) is 29.9 Å². The van der Waals surface area contributed by atoms with Gasteiger partial charge in [0.2, 0.25) is 5.95 Å². The molecule has 1 aliphatic rings. The van der Waals surface area contributed by atoms with Crippen molar-refractivity contribution in [2.75, 3.05) is 11.9 Å². The highest BCUT2D eigenvalue weighted by Crippen LogP contribution is 2.33. The zero-order valence-electron chi connectivity index (χ0n) is 8.87. The summed E-state index contributed by atoms with van der Waals surface area (Å²) in [6.07, 6.45) is 10.5. The van der Waals surface area contributed by atoms with Crippen LogP contribution in [0.5, 0.6) is 0 Å². The lowest BCUT2D eigenvalue weighted by atomic mass is 9.93. The summed E-state index contributed by atoms with van der Waals surface area (Å²) in [5.74, 6) is 1.06. The fraction of sp³-hybridized carbons (Fsp3) is 0.727. The number of hydrogen-bond acceptors (Lipinski definition) is 2. The van der Waals surface area contributed by atoms with Crippen LogP contribution in [-0.2, 0) is 0 Å². The SMILES string of the molecule is CCCCNc1nccn1C1CCC1. The number of hydrogen-bond donors (Lipinski definition) is 1. The van der Waals surface area contributed by atoms with Crippen molar-refractivity contribution < 1.29 is 0 Å². The molecule has 1 aliphatic carbocycles. The number of nitrogens with zero attached hydrogens (tertiary/aromatic N) is 2. The Morgan fingerprint density at radius 1 is 1.57 bits per heavy atom. The third kappa shape index (κ3) is 1.91. The molecule has 0 aromatic carbocycles. The summed E-state index contributed by atoms with van der Waals surface area (Å²) >= 11 is 0. The molecule has 0 bridgehead atoms. The average molecular weight is 193 g/mol. The summed E-state index contributed by atoms with van der Waals surface area (Å²) in [6.45, 7) is 3.25. The van der Waals surface area contributed by atoms with Crippen LogP contribution in [-0.4, -0.2) is 16.1 Å². The minimum atomic E-state index is 0.710. The third-order valence-corrected chi connectivity index (χ3v) is 2.95. The van der Waals surface area contributed by atoms with Gasteiger partial charge in [-0.3, -0.25) is 0 Å². The van der Waals surface area contributed by atoms with Crippen molar-refractivity contribution in [1.82, 2.24) is 9.55 Å². The predicted molar refractivity (Wildman–Crippen MR) is 58.5 cm³/mol. The van der Waals surface area contributed by atoms with Crippen molar-refractivity contribution in [3.05, 3.63) is 12.4 Å². The monoisotopic (exact) mass is 193 g/mol. The molecule has 1 fully saturated rings. The normalized spacial score (nSPS) is 16.6. The van der Waals surface area contributed by atoms with Crippen LogP contribution in [0.1, 0.15) is 45.1 Å². The minimum Gasteiger partial charge on any atom is -0.356 e. The van der Waals surface area contributed by atoms with E-state index in [1.165, 1.54) is 32.1 Å². The molecule has 0 atom stereocenters. The van der Waals surface area contributed by atoms with Crippen LogP contribution in [0.4, 0.5) is 5.95 Å². The zero-order chi connectivity index (χ0) is 9.80. The standard InChI is InChI=1S/C11H19N3/c1-2-3-7-12-11-13-8-9-14(11)10-5-4-6-10/h8-10H,2-7H2,1H3,(H,12,13). The maximum Gasteiger partial charge on any atom is 0.203 e. The van der Waals surface area contributed by atoms with Crippen molar-refractivity contribution in [3.63, 3.8) is 0 Å². The summed E-state index contributed by atoms with van der Waals surface area (Å²) in [6, 6.07) is 0.710. The van der Waals surface area contributed by atoms with Crippen LogP contribution in [0.25, 0.3) is 0 Å². The molecule has 0 saturated heterocycles. The lowest BCUT2D eigenvalue weighted by Crippen LogP contribution is -2.19. The molecule has 1 aromatic rings. The molecule has 1 saturated carbocycles. The highest BCUT2D eigenvalue weighted by Gasteiger charge is 2.20. The Bertz CT molecular complexity index is 276. The van der Waals surface area contributed by atoms with E-state index in [-0.39, 0.29) is 0 Å². The maximum atomic E-state index is 4.34. The van der Waals surface area contributed by atoms with Crippen molar-refractivity contribution in [3.8, 4) is 0 Å². The van der Waals surface area contributed by atoms with Gasteiger partial charge in [0.15, 0.2) is 0 Å². The Kier molecular flexibility index (Phi) is 3.07. The first kappa shape index (κ1) is 9.56. The molecule has 3 nitrogen and oxygen atoms in total. The zero-order valence-corrected chi connectivity index (χ0v) is 8.87. The lowest BCUT2D eigenvalue weighted by Gasteiger charge is -2.28. The molecule has 1 N–H and O–H groups in total. The predicted octanol–water partition coefficient (Wildman–Crippen LogP) is 2.82. The van der Waals surface area contributed by atoms with E-state index in [2.05, 4.69) is 28.0 Å². The number of anilines is 1. The van der Waals surface area contributed by atoms with Gasteiger partial charge in [-0.15, -0.1) is 0 Å². The first-order valence-electron chi connectivity index (χ1n) is 5.68. The van der Waals surface area contributed by atoms with Gasteiger partial charge in [-0.1, -0.05) is 13.3 Å². The number of unbranched alkanes of at least 4 members (excludes halogenated alkanes) is 1. The molecule has 0 amide bonds. The van der Waals surface area contributed by atoms with Crippen LogP contribution >= 0.6 is 0 Å². The van der Waals surface area contributed by atoms with Gasteiger partial charge in [-0.05, 0) is 25.7 Å². The first-order valence-corrected chi connectivity index (χ1v) is 5.68. The van der Waals surface area contributed by atoms with Crippen LogP contribution in [0.15, 0.2) is 12.4 Å². The second kappa shape index (κ2) is 4.49. The molecule has 2 rings (SSSR count). The quantitative estimate of drug-likeness (QED) is 0.729. The van der Waals surface area contributed by atoms with E-state index in [0.717, 1.165) is 12.5 Å². The van der Waals surface area contributed by atoms with Crippen LogP contribution < -0.4 is 5.32 Å². The Hall–Kier alpha value is -0.990. The molecule has 14 heavy (non-hydrogen) atoms. The molecule has 0 spiro atoms. The largest absolute Gasteiger partial charge is 0.356 e. The second-order valence-corrected chi connectivity index (χ2v) is 4.02. The highest BCUT2D eigenvalue weighted by atomic mass is 15.2. The summed E-state index contributed by atoms with van der Waals surface area (Å²) in [7, 11) is 0. The summed E-state index contributed by atoms with van der Waals surface area (Å²) < 4.78 is 2.29. The summed E-state index contributed by atoms with van der Waals surface area (Å²) in [5, 5.41) is 3.40. The van der Waals surface area contributed by atoms with Gasteiger partial charge in [-0.25, -0.2) is 4.98 Å². The lowest BCUT2D eigenvalue weighted by molar-refractivity contribution is 0.316. The van der Waals surface area contributed by atoms with E-state index in [4.69, 9.17) is 0 Å². The van der Waals surface area contributed by atoms with Gasteiger partial charge in [0.05, 0.1) is 0 Å². The molecule has 1 heterocycles. The number of imidazole rings is 1. The summed E-state index contributed by atoms with van der Waals surface area (Å²) in [5.41, 5.74) is 0. The van der Waals surface area contributed by atoms with E-state index in [9.17, 15) is 0 Å². The molecular formula is C11H19N3. The molecule has 0 radical (unpaired) electrons. The van der Waals surface area contributed by atoms with E-state index >= 15 is 0 Å². The minimum absolute atomic E-state index is 0.710. The van der Waals surface area contributed by atoms with Gasteiger partial charge in [0.25, 0.3) is 0 Å². The fourth-order valence-corrected chi connectivity index (χ4v) is 1.79. The highest BCUT2D eigenvalue weighted by molar-refractivity contribution is 5.26. The van der Waals surface area contributed by atoms with Crippen molar-refractivity contribution in [1.29, 1.82) is 0 Å². The van der Waals surface area contributed by atoms with Crippen LogP contribution in [0.2, 0.25) is 0 Å². The smallest absolute Gasteiger partial charge is 0.203 e. The van der Waals surface area contributed by atoms with Gasteiger partial charge in [0, 0.05) is 25.0 Å². The van der Waals surface area contributed by atoms with Gasteiger partial charge in [-0.2, -0.15) is 0 Å². The number of aromatic nitrogens is 2. The molecular weight excluding hydrogens is 174 g/mol. The number of rotatable bonds is 5. The van der Waals surface area contributed by atoms with Crippen molar-refractivity contribution >= 4 is 5.95 Å². The van der Waals surface area contributed by atoms with E-state index in [0.29, 0.717) is 6.04 Å². The Balaban J connectivity index is 1.91. The van der Waals surface area contributed by atoms with Crippen molar-refractivity contribution in [2.45, 2.75) is 45.1 Å². The fourth-order valence-electron chi connectivity index (χ4n) is 1.79. The molecule has 1 aromatic heterocycles. The molecule has 3 heteroatoms. The van der Waals surface area contributed by atoms with E-state index in [1.807, 2.05) is 6.20 Å². The average Bonchev–Trinajstić information content (AvgIpc) is 2.51.